The molecule has 8 rings (SSSR count). The van der Waals surface area contributed by atoms with E-state index in [-0.39, 0.29) is 40.3 Å². The summed E-state index contributed by atoms with van der Waals surface area (Å²) in [5.74, 6) is -1.19. The number of piperidine rings is 2. The minimum atomic E-state index is -1.11. The maximum absolute atomic E-state index is 14.3. The topological polar surface area (TPSA) is 170 Å². The maximum Gasteiger partial charge on any atom is 0.262 e. The Labute approximate surface area is 323 Å². The molecule has 5 amide bonds. The number of benzene rings is 2. The van der Waals surface area contributed by atoms with E-state index in [1.165, 1.54) is 11.1 Å². The Morgan fingerprint density at radius 3 is 2.22 bits per heavy atom. The van der Waals surface area contributed by atoms with Crippen LogP contribution in [0.1, 0.15) is 90.0 Å². The van der Waals surface area contributed by atoms with Crippen LogP contribution in [0.15, 0.2) is 54.7 Å². The summed E-state index contributed by atoms with van der Waals surface area (Å²) < 4.78 is 6.39. The third-order valence-electron chi connectivity index (χ3n) is 12.6. The van der Waals surface area contributed by atoms with Crippen molar-refractivity contribution in [2.75, 3.05) is 36.0 Å². The quantitative estimate of drug-likeness (QED) is 0.330. The summed E-state index contributed by atoms with van der Waals surface area (Å²) in [6, 6.07) is 14.0. The number of aromatic nitrogens is 1. The number of anilines is 2. The molecular weight excluding hydrogens is 722 g/mol. The number of nitrogens with zero attached hydrogens (tertiary/aromatic N) is 6. The molecule has 5 heterocycles. The number of ether oxygens (including phenoxy) is 1. The van der Waals surface area contributed by atoms with E-state index in [4.69, 9.17) is 22.1 Å². The van der Waals surface area contributed by atoms with Gasteiger partial charge in [0, 0.05) is 66.8 Å². The van der Waals surface area contributed by atoms with E-state index in [0.29, 0.717) is 16.9 Å². The van der Waals surface area contributed by atoms with E-state index in [2.05, 4.69) is 14.8 Å². The van der Waals surface area contributed by atoms with E-state index in [9.17, 15) is 29.2 Å². The average molecular weight is 764 g/mol. The Morgan fingerprint density at radius 2 is 1.60 bits per heavy atom. The van der Waals surface area contributed by atoms with Crippen LogP contribution in [0, 0.1) is 27.6 Å². The highest BCUT2D eigenvalue weighted by Crippen LogP contribution is 2.59. The molecule has 3 aromatic rings. The van der Waals surface area contributed by atoms with E-state index >= 15 is 0 Å². The largest absolute Gasteiger partial charge is 0.489 e. The maximum atomic E-state index is 14.3. The van der Waals surface area contributed by atoms with E-state index < -0.39 is 52.6 Å². The van der Waals surface area contributed by atoms with Crippen LogP contribution >= 0.6 is 11.6 Å². The first-order valence-electron chi connectivity index (χ1n) is 18.6. The number of rotatable bonds is 7. The second kappa shape index (κ2) is 12.8. The summed E-state index contributed by atoms with van der Waals surface area (Å²) >= 11 is 6.26. The summed E-state index contributed by atoms with van der Waals surface area (Å²) in [7, 11) is 0. The van der Waals surface area contributed by atoms with Gasteiger partial charge in [0.15, 0.2) is 0 Å². The van der Waals surface area contributed by atoms with Crippen molar-refractivity contribution in [3.8, 4) is 11.8 Å². The van der Waals surface area contributed by atoms with Gasteiger partial charge in [-0.1, -0.05) is 39.3 Å². The summed E-state index contributed by atoms with van der Waals surface area (Å²) in [6.45, 7) is 11.0. The fourth-order valence-corrected chi connectivity index (χ4v) is 10.3. The lowest BCUT2D eigenvalue weighted by molar-refractivity contribution is -0.216. The van der Waals surface area contributed by atoms with E-state index in [0.717, 1.165) is 55.4 Å². The molecule has 284 valence electrons. The van der Waals surface area contributed by atoms with Crippen LogP contribution in [0.4, 0.5) is 11.5 Å². The molecule has 5 aliphatic rings. The molecule has 14 heteroatoms. The zero-order chi connectivity index (χ0) is 39.2. The molecule has 1 atom stereocenters. The lowest BCUT2D eigenvalue weighted by atomic mass is 9.48. The number of carbonyl (C=O) groups excluding carboxylic acids is 5. The van der Waals surface area contributed by atoms with Crippen LogP contribution in [0.3, 0.4) is 0 Å². The first kappa shape index (κ1) is 36.5. The lowest BCUT2D eigenvalue weighted by Crippen LogP contribution is -2.77. The van der Waals surface area contributed by atoms with E-state index in [1.54, 1.807) is 36.4 Å². The van der Waals surface area contributed by atoms with Gasteiger partial charge in [-0.3, -0.25) is 33.8 Å². The number of hydrogen-bond acceptors (Lipinski definition) is 10. The van der Waals surface area contributed by atoms with Crippen LogP contribution in [0.2, 0.25) is 5.02 Å². The molecule has 4 aliphatic heterocycles. The van der Waals surface area contributed by atoms with E-state index in [1.807, 2.05) is 45.9 Å². The monoisotopic (exact) mass is 763 g/mol. The highest BCUT2D eigenvalue weighted by Gasteiger charge is 2.68. The van der Waals surface area contributed by atoms with Crippen molar-refractivity contribution in [3.63, 3.8) is 0 Å². The van der Waals surface area contributed by atoms with Crippen molar-refractivity contribution in [1.29, 1.82) is 5.26 Å². The van der Waals surface area contributed by atoms with Crippen LogP contribution in [0.25, 0.3) is 0 Å². The molecule has 1 aromatic heterocycles. The third-order valence-corrected chi connectivity index (χ3v) is 12.9. The zero-order valence-corrected chi connectivity index (χ0v) is 31.9. The molecule has 2 N–H and O–H groups in total. The number of pyridine rings is 1. The molecule has 1 saturated carbocycles. The summed E-state index contributed by atoms with van der Waals surface area (Å²) in [4.78, 5) is 78.4. The molecular formula is C41H42ClN7O6. The van der Waals surface area contributed by atoms with Crippen molar-refractivity contribution in [2.24, 2.45) is 22.0 Å². The smallest absolute Gasteiger partial charge is 0.262 e. The first-order chi connectivity index (χ1) is 26.1. The molecule has 1 spiro atoms. The van der Waals surface area contributed by atoms with Gasteiger partial charge in [0.05, 0.1) is 33.3 Å². The van der Waals surface area contributed by atoms with Crippen molar-refractivity contribution in [1.82, 2.24) is 14.8 Å². The number of imide groups is 2. The molecule has 4 fully saturated rings. The van der Waals surface area contributed by atoms with Gasteiger partial charge in [-0.15, -0.1) is 0 Å². The summed E-state index contributed by atoms with van der Waals surface area (Å²) in [5.41, 5.74) is 6.14. The van der Waals surface area contributed by atoms with Gasteiger partial charge in [-0.05, 0) is 61.7 Å². The fourth-order valence-electron chi connectivity index (χ4n) is 10.1. The normalized spacial score (nSPS) is 25.0. The first-order valence-corrected chi connectivity index (χ1v) is 18.9. The number of halogens is 1. The van der Waals surface area contributed by atoms with Gasteiger partial charge in [-0.25, -0.2) is 4.98 Å². The van der Waals surface area contributed by atoms with Gasteiger partial charge in [0.1, 0.15) is 29.8 Å². The predicted molar refractivity (Wildman–Crippen MR) is 203 cm³/mol. The second-order valence-electron chi connectivity index (χ2n) is 16.8. The third kappa shape index (κ3) is 5.72. The lowest BCUT2D eigenvalue weighted by Gasteiger charge is -2.65. The number of carbonyl (C=O) groups is 5. The highest BCUT2D eigenvalue weighted by atomic mass is 35.5. The molecule has 2 aromatic carbocycles. The van der Waals surface area contributed by atoms with Crippen LogP contribution in [0.5, 0.6) is 5.75 Å². The standard InChI is InChI=1S/C41H42ClN7O6/c1-39(2)37(40(3,4)38(39)55-26-8-5-23(19-43)29(42)18-26)49-32(50)12-10-30(36(49)54)48-34(52)27-9-7-25(17-28(27)35(48)53)47-21-41(22-47)13-15-46(16-14-41)31-11-6-24(20-45-31)33(44)51/h5-9,11,17-18,20,30,37-38H,10,12-16,21-22H2,1-4H3,(H2,44,51). The summed E-state index contributed by atoms with van der Waals surface area (Å²) in [5, 5.41) is 9.53. The zero-order valence-electron chi connectivity index (χ0n) is 31.2. The number of likely N-dealkylation sites (tertiary alicyclic amines) is 1. The van der Waals surface area contributed by atoms with Crippen LogP contribution in [-0.4, -0.2) is 88.7 Å². The number of nitrogens with two attached hydrogens (primary N) is 1. The van der Waals surface area contributed by atoms with Gasteiger partial charge >= 0.3 is 0 Å². The second-order valence-corrected chi connectivity index (χ2v) is 17.2. The van der Waals surface area contributed by atoms with Crippen LogP contribution < -0.4 is 20.3 Å². The van der Waals surface area contributed by atoms with Gasteiger partial charge in [0.25, 0.3) is 17.7 Å². The number of hydrogen-bond donors (Lipinski definition) is 1. The molecule has 3 saturated heterocycles. The Morgan fingerprint density at radius 1 is 0.909 bits per heavy atom. The fraction of sp³-hybridized carbons (Fsp3) is 0.439. The number of fused-ring (bicyclic) bond motifs is 1. The SMILES string of the molecule is CC1(C)C(Oc2ccc(C#N)c(Cl)c2)C(C)(C)C1N1C(=O)CCC(N2C(=O)c3ccc(N4CC5(CCN(c6ccc(C(N)=O)cn6)CC5)C4)cc3C2=O)C1=O. The van der Waals surface area contributed by atoms with Crippen molar-refractivity contribution < 1.29 is 28.7 Å². The average Bonchev–Trinajstić information content (AvgIpc) is 3.39. The predicted octanol–water partition coefficient (Wildman–Crippen LogP) is 4.81. The Bertz CT molecular complexity index is 2180. The van der Waals surface area contributed by atoms with Gasteiger partial charge < -0.3 is 20.3 Å². The minimum absolute atomic E-state index is 0.0104. The summed E-state index contributed by atoms with van der Waals surface area (Å²) in [6.07, 6.45) is 3.07. The molecule has 1 unspecified atom stereocenters. The van der Waals surface area contributed by atoms with Crippen molar-refractivity contribution in [3.05, 3.63) is 82.0 Å². The molecule has 13 nitrogen and oxygen atoms in total. The van der Waals surface area contributed by atoms with Crippen LogP contribution in [-0.2, 0) is 9.59 Å². The van der Waals surface area contributed by atoms with Gasteiger partial charge in [0.2, 0.25) is 11.8 Å². The van der Waals surface area contributed by atoms with Crippen molar-refractivity contribution >= 4 is 52.6 Å². The Hall–Kier alpha value is -5.48. The molecule has 55 heavy (non-hydrogen) atoms. The molecule has 0 bridgehead atoms. The molecule has 1 aliphatic carbocycles. The molecule has 0 radical (unpaired) electrons. The van der Waals surface area contributed by atoms with Gasteiger partial charge in [-0.2, -0.15) is 5.26 Å². The number of amides is 5. The Kier molecular flexibility index (Phi) is 8.49. The number of nitriles is 1. The number of primary amides is 1. The highest BCUT2D eigenvalue weighted by molar-refractivity contribution is 6.31. The van der Waals surface area contributed by atoms with Crippen molar-refractivity contribution in [2.45, 2.75) is 71.6 Å². The minimum Gasteiger partial charge on any atom is -0.489 e. The Balaban J connectivity index is 0.939.